The molecule has 1 aromatic heterocycles. The van der Waals surface area contributed by atoms with Crippen LogP contribution in [0.5, 0.6) is 0 Å². The second-order valence-electron chi connectivity index (χ2n) is 3.04. The van der Waals surface area contributed by atoms with E-state index in [1.807, 2.05) is 17.8 Å². The molecule has 1 fully saturated rings. The maximum Gasteiger partial charge on any atom is 0.129 e. The van der Waals surface area contributed by atoms with E-state index < -0.39 is 0 Å². The third kappa shape index (κ3) is 3.06. The van der Waals surface area contributed by atoms with E-state index in [2.05, 4.69) is 27.0 Å². The van der Waals surface area contributed by atoms with Crippen molar-refractivity contribution in [1.29, 1.82) is 0 Å². The average Bonchev–Trinajstić information content (AvgIpc) is 2.29. The minimum absolute atomic E-state index is 0.726. The van der Waals surface area contributed by atoms with Crippen LogP contribution in [0.1, 0.15) is 0 Å². The molecule has 0 amide bonds. The number of hydrogen-bond donors (Lipinski definition) is 1. The number of nitrogens with zero attached hydrogens (tertiary/aromatic N) is 2. The Hall–Kier alpha value is -0.420. The van der Waals surface area contributed by atoms with Crippen LogP contribution in [0.3, 0.4) is 0 Å². The molecule has 1 unspecified atom stereocenters. The summed E-state index contributed by atoms with van der Waals surface area (Å²) in [5.41, 5.74) is 0. The highest BCUT2D eigenvalue weighted by Crippen LogP contribution is 2.23. The zero-order chi connectivity index (χ0) is 9.64. The second kappa shape index (κ2) is 5.46. The van der Waals surface area contributed by atoms with Crippen molar-refractivity contribution in [3.63, 3.8) is 0 Å². The molecule has 0 aromatic carbocycles. The molecule has 0 spiro atoms. The van der Waals surface area contributed by atoms with Crippen LogP contribution in [0, 0.1) is 0 Å². The number of hydrogen-bond acceptors (Lipinski definition) is 5. The van der Waals surface area contributed by atoms with Gasteiger partial charge >= 0.3 is 0 Å². The van der Waals surface area contributed by atoms with Crippen molar-refractivity contribution >= 4 is 29.3 Å². The molecule has 2 rings (SSSR count). The standard InChI is InChI=1S/C9H13N3S2/c1-2-10-7-12-9(1)11-5-8-6-13-3-4-14-8/h1-2,7-8H,3-6H2,(H,10,11,12). The van der Waals surface area contributed by atoms with Crippen LogP contribution in [0.4, 0.5) is 5.82 Å². The molecule has 5 heteroatoms. The van der Waals surface area contributed by atoms with E-state index in [-0.39, 0.29) is 0 Å². The molecule has 1 aliphatic rings. The van der Waals surface area contributed by atoms with Crippen LogP contribution < -0.4 is 5.32 Å². The van der Waals surface area contributed by atoms with E-state index in [9.17, 15) is 0 Å². The lowest BCUT2D eigenvalue weighted by molar-refractivity contribution is 0.987. The largest absolute Gasteiger partial charge is 0.369 e. The molecule has 1 saturated heterocycles. The van der Waals surface area contributed by atoms with Crippen molar-refractivity contribution in [3.8, 4) is 0 Å². The number of aromatic nitrogens is 2. The van der Waals surface area contributed by atoms with Crippen molar-refractivity contribution in [2.75, 3.05) is 29.1 Å². The van der Waals surface area contributed by atoms with Gasteiger partial charge in [0.2, 0.25) is 0 Å². The Morgan fingerprint density at radius 2 is 2.50 bits per heavy atom. The molecule has 1 aliphatic heterocycles. The maximum atomic E-state index is 4.12. The van der Waals surface area contributed by atoms with Gasteiger partial charge in [0.1, 0.15) is 12.1 Å². The van der Waals surface area contributed by atoms with Gasteiger partial charge in [-0.2, -0.15) is 23.5 Å². The Balaban J connectivity index is 1.76. The highest BCUT2D eigenvalue weighted by molar-refractivity contribution is 8.06. The first-order chi connectivity index (χ1) is 6.95. The van der Waals surface area contributed by atoms with Crippen LogP contribution in [-0.4, -0.2) is 39.0 Å². The molecule has 0 aliphatic carbocycles. The highest BCUT2D eigenvalue weighted by atomic mass is 32.2. The SMILES string of the molecule is c1cc(NCC2CSCCS2)ncn1. The van der Waals surface area contributed by atoms with Crippen LogP contribution in [0.2, 0.25) is 0 Å². The molecule has 1 aromatic rings. The zero-order valence-electron chi connectivity index (χ0n) is 7.85. The van der Waals surface area contributed by atoms with Crippen molar-refractivity contribution in [2.45, 2.75) is 5.25 Å². The summed E-state index contributed by atoms with van der Waals surface area (Å²) in [5, 5.41) is 4.05. The molecule has 76 valence electrons. The lowest BCUT2D eigenvalue weighted by atomic mass is 10.4. The smallest absolute Gasteiger partial charge is 0.129 e. The van der Waals surface area contributed by atoms with E-state index in [4.69, 9.17) is 0 Å². The lowest BCUT2D eigenvalue weighted by Crippen LogP contribution is -2.23. The summed E-state index contributed by atoms with van der Waals surface area (Å²) in [6.45, 7) is 1.01. The fourth-order valence-electron chi connectivity index (χ4n) is 1.27. The summed E-state index contributed by atoms with van der Waals surface area (Å²) < 4.78 is 0. The predicted molar refractivity (Wildman–Crippen MR) is 64.1 cm³/mol. The molecular weight excluding hydrogens is 214 g/mol. The third-order valence-electron chi connectivity index (χ3n) is 1.98. The highest BCUT2D eigenvalue weighted by Gasteiger charge is 2.13. The molecule has 0 bridgehead atoms. The Kier molecular flexibility index (Phi) is 3.94. The first-order valence-corrected chi connectivity index (χ1v) is 6.85. The van der Waals surface area contributed by atoms with Crippen LogP contribution >= 0.6 is 23.5 Å². The average molecular weight is 227 g/mol. The minimum Gasteiger partial charge on any atom is -0.369 e. The van der Waals surface area contributed by atoms with Gasteiger partial charge in [-0.1, -0.05) is 0 Å². The molecule has 1 N–H and O–H groups in total. The van der Waals surface area contributed by atoms with E-state index in [1.54, 1.807) is 12.5 Å². The molecule has 0 radical (unpaired) electrons. The second-order valence-corrected chi connectivity index (χ2v) is 5.60. The van der Waals surface area contributed by atoms with Crippen molar-refractivity contribution < 1.29 is 0 Å². The maximum absolute atomic E-state index is 4.12. The van der Waals surface area contributed by atoms with Gasteiger partial charge in [0, 0.05) is 35.3 Å². The number of nitrogens with one attached hydrogen (secondary N) is 1. The van der Waals surface area contributed by atoms with Gasteiger partial charge in [0.15, 0.2) is 0 Å². The van der Waals surface area contributed by atoms with Gasteiger partial charge in [0.25, 0.3) is 0 Å². The quantitative estimate of drug-likeness (QED) is 0.851. The molecule has 2 heterocycles. The van der Waals surface area contributed by atoms with E-state index in [0.717, 1.165) is 17.6 Å². The summed E-state index contributed by atoms with van der Waals surface area (Å²) in [4.78, 5) is 8.00. The number of thioether (sulfide) groups is 2. The Morgan fingerprint density at radius 3 is 3.21 bits per heavy atom. The molecular formula is C9H13N3S2. The Morgan fingerprint density at radius 1 is 1.50 bits per heavy atom. The number of anilines is 1. The van der Waals surface area contributed by atoms with E-state index >= 15 is 0 Å². The van der Waals surface area contributed by atoms with Crippen LogP contribution in [0.25, 0.3) is 0 Å². The molecule has 14 heavy (non-hydrogen) atoms. The molecule has 3 nitrogen and oxygen atoms in total. The van der Waals surface area contributed by atoms with Crippen molar-refractivity contribution in [2.24, 2.45) is 0 Å². The summed E-state index contributed by atoms with van der Waals surface area (Å²) in [7, 11) is 0. The van der Waals surface area contributed by atoms with Crippen molar-refractivity contribution in [3.05, 3.63) is 18.6 Å². The lowest BCUT2D eigenvalue weighted by Gasteiger charge is -2.21. The fourth-order valence-corrected chi connectivity index (χ4v) is 3.88. The number of rotatable bonds is 3. The van der Waals surface area contributed by atoms with Crippen LogP contribution in [0.15, 0.2) is 18.6 Å². The normalized spacial score (nSPS) is 21.9. The minimum atomic E-state index is 0.726. The van der Waals surface area contributed by atoms with Gasteiger partial charge in [0.05, 0.1) is 0 Å². The first-order valence-electron chi connectivity index (χ1n) is 4.64. The third-order valence-corrected chi connectivity index (χ3v) is 4.82. The summed E-state index contributed by atoms with van der Waals surface area (Å²) in [6.07, 6.45) is 3.34. The summed E-state index contributed by atoms with van der Waals surface area (Å²) in [6, 6.07) is 1.90. The topological polar surface area (TPSA) is 37.8 Å². The van der Waals surface area contributed by atoms with Gasteiger partial charge in [-0.3, -0.25) is 0 Å². The summed E-state index contributed by atoms with van der Waals surface area (Å²) >= 11 is 4.10. The fraction of sp³-hybridized carbons (Fsp3) is 0.556. The van der Waals surface area contributed by atoms with Crippen molar-refractivity contribution in [1.82, 2.24) is 9.97 Å². The Bertz CT molecular complexity index is 262. The van der Waals surface area contributed by atoms with Gasteiger partial charge in [-0.25, -0.2) is 9.97 Å². The molecule has 0 saturated carbocycles. The Labute approximate surface area is 92.5 Å². The first kappa shape index (κ1) is 10.1. The monoisotopic (exact) mass is 227 g/mol. The van der Waals surface area contributed by atoms with Gasteiger partial charge in [-0.05, 0) is 6.07 Å². The summed E-state index contributed by atoms with van der Waals surface area (Å²) in [5.74, 6) is 4.76. The zero-order valence-corrected chi connectivity index (χ0v) is 9.48. The van der Waals surface area contributed by atoms with E-state index in [1.165, 1.54) is 17.3 Å². The molecule has 1 atom stereocenters. The van der Waals surface area contributed by atoms with E-state index in [0.29, 0.717) is 0 Å². The van der Waals surface area contributed by atoms with Gasteiger partial charge < -0.3 is 5.32 Å². The van der Waals surface area contributed by atoms with Crippen LogP contribution in [-0.2, 0) is 0 Å². The predicted octanol–water partition coefficient (Wildman–Crippen LogP) is 1.74. The van der Waals surface area contributed by atoms with Gasteiger partial charge in [-0.15, -0.1) is 0 Å².